The lowest BCUT2D eigenvalue weighted by atomic mass is 9.98. The number of unbranched alkanes of at least 4 members (excludes halogenated alkanes) is 12. The Morgan fingerprint density at radius 2 is 1.03 bits per heavy atom. The van der Waals surface area contributed by atoms with E-state index in [9.17, 15) is 45.3 Å². The molecule has 0 amide bonds. The van der Waals surface area contributed by atoms with E-state index in [2.05, 4.69) is 50.3 Å². The Kier molecular flexibility index (Phi) is 33.0. The van der Waals surface area contributed by atoms with Gasteiger partial charge < -0.3 is 64.2 Å². The Morgan fingerprint density at radius 3 is 1.65 bits per heavy atom. The van der Waals surface area contributed by atoms with E-state index in [0.29, 0.717) is 12.8 Å². The fourth-order valence-corrected chi connectivity index (χ4v) is 7.01. The van der Waals surface area contributed by atoms with Crippen LogP contribution >= 0.6 is 0 Å². The van der Waals surface area contributed by atoms with Gasteiger partial charge in [-0.1, -0.05) is 138 Å². The Labute approximate surface area is 387 Å². The minimum absolute atomic E-state index is 0.139. The number of aliphatic hydroxyl groups excluding tert-OH is 7. The van der Waals surface area contributed by atoms with Crippen LogP contribution in [0.5, 0.6) is 0 Å². The maximum atomic E-state index is 13.0. The summed E-state index contributed by atoms with van der Waals surface area (Å²) < 4.78 is 33.5. The van der Waals surface area contributed by atoms with Crippen LogP contribution in [-0.4, -0.2) is 142 Å². The second kappa shape index (κ2) is 37.0. The Morgan fingerprint density at radius 1 is 0.523 bits per heavy atom. The topological polar surface area (TPSA) is 231 Å². The highest BCUT2D eigenvalue weighted by Gasteiger charge is 2.47. The third-order valence-electron chi connectivity index (χ3n) is 11.0. The van der Waals surface area contributed by atoms with Crippen molar-refractivity contribution in [1.29, 1.82) is 0 Å². The highest BCUT2D eigenvalue weighted by atomic mass is 16.7. The van der Waals surface area contributed by atoms with E-state index >= 15 is 0 Å². The van der Waals surface area contributed by atoms with Gasteiger partial charge in [-0.05, 0) is 57.8 Å². The van der Waals surface area contributed by atoms with E-state index in [-0.39, 0.29) is 19.4 Å². The third kappa shape index (κ3) is 25.6. The summed E-state index contributed by atoms with van der Waals surface area (Å²) in [6.07, 6.45) is 25.0. The largest absolute Gasteiger partial charge is 0.462 e. The van der Waals surface area contributed by atoms with E-state index < -0.39 is 99.3 Å². The van der Waals surface area contributed by atoms with Crippen molar-refractivity contribution < 1.29 is 73.8 Å². The molecule has 11 atom stereocenters. The normalized spacial score (nSPS) is 27.0. The van der Waals surface area contributed by atoms with E-state index in [1.165, 1.54) is 12.8 Å². The van der Waals surface area contributed by atoms with Crippen LogP contribution < -0.4 is 0 Å². The van der Waals surface area contributed by atoms with E-state index in [4.69, 9.17) is 28.4 Å². The number of esters is 2. The van der Waals surface area contributed by atoms with Crippen LogP contribution in [0.2, 0.25) is 0 Å². The smallest absolute Gasteiger partial charge is 0.306 e. The predicted octanol–water partition coefficient (Wildman–Crippen LogP) is 5.87. The molecule has 0 aliphatic carbocycles. The first-order chi connectivity index (χ1) is 31.5. The van der Waals surface area contributed by atoms with Crippen LogP contribution in [0.4, 0.5) is 0 Å². The monoisotopic (exact) mass is 923 g/mol. The van der Waals surface area contributed by atoms with Crippen LogP contribution in [0.1, 0.15) is 136 Å². The van der Waals surface area contributed by atoms with Gasteiger partial charge in [0.2, 0.25) is 0 Å². The molecule has 0 aromatic heterocycles. The zero-order valence-electron chi connectivity index (χ0n) is 38.9. The second-order valence-electron chi connectivity index (χ2n) is 16.6. The molecule has 2 saturated heterocycles. The molecule has 0 aromatic carbocycles. The number of carbonyl (C=O) groups is 2. The second-order valence-corrected chi connectivity index (χ2v) is 16.6. The number of hydrogen-bond donors (Lipinski definition) is 7. The maximum absolute atomic E-state index is 13.0. The Balaban J connectivity index is 1.86. The van der Waals surface area contributed by atoms with Crippen molar-refractivity contribution in [2.45, 2.75) is 203 Å². The summed E-state index contributed by atoms with van der Waals surface area (Å²) in [4.78, 5) is 25.7. The molecule has 2 fully saturated rings. The maximum Gasteiger partial charge on any atom is 0.306 e. The zero-order valence-corrected chi connectivity index (χ0v) is 38.9. The lowest BCUT2D eigenvalue weighted by Gasteiger charge is -2.42. The first-order valence-corrected chi connectivity index (χ1v) is 24.1. The average molecular weight is 923 g/mol. The summed E-state index contributed by atoms with van der Waals surface area (Å²) in [5.74, 6) is -0.977. The number of hydrogen-bond acceptors (Lipinski definition) is 15. The van der Waals surface area contributed by atoms with E-state index in [1.807, 2.05) is 36.5 Å². The molecule has 0 aromatic rings. The van der Waals surface area contributed by atoms with Crippen molar-refractivity contribution in [1.82, 2.24) is 0 Å². The standard InChI is InChI=1S/C50H82O15/c1-3-5-7-9-11-13-15-17-19-21-22-24-26-28-30-32-41(52)60-35-38(63-42(53)33-31-29-27-25-23-20-18-16-14-12-10-8-6-4-2)36-61-49-48(59)46(57)44(55)40(65-49)37-62-50-47(58)45(56)43(54)39(34-51)64-50/h5,7,9-13,15-19,38-40,43-51,54-59H,3-4,6,8,14,20-37H2,1-2H3/b7-5+,11-9+,12-10+,15-13+,18-16+,19-17+/t38-,39-,40-,43+,44+,45?,46?,47?,48?,49-,50-/m1/s1. The third-order valence-corrected chi connectivity index (χ3v) is 11.0. The molecule has 4 unspecified atom stereocenters. The van der Waals surface area contributed by atoms with Crippen molar-refractivity contribution >= 4 is 11.9 Å². The van der Waals surface area contributed by atoms with Gasteiger partial charge in [-0.2, -0.15) is 0 Å². The highest BCUT2D eigenvalue weighted by Crippen LogP contribution is 2.26. The molecule has 2 aliphatic rings. The molecule has 0 spiro atoms. The molecule has 372 valence electrons. The fourth-order valence-electron chi connectivity index (χ4n) is 7.01. The quantitative estimate of drug-likeness (QED) is 0.0171. The van der Waals surface area contributed by atoms with Gasteiger partial charge in [-0.15, -0.1) is 0 Å². The molecule has 15 nitrogen and oxygen atoms in total. The molecule has 0 radical (unpaired) electrons. The van der Waals surface area contributed by atoms with Gasteiger partial charge in [0, 0.05) is 12.8 Å². The minimum atomic E-state index is -1.77. The number of rotatable bonds is 35. The molecular formula is C50H82O15. The Hall–Kier alpha value is -3.06. The van der Waals surface area contributed by atoms with Crippen molar-refractivity contribution in [2.75, 3.05) is 26.4 Å². The molecule has 0 bridgehead atoms. The predicted molar refractivity (Wildman–Crippen MR) is 247 cm³/mol. The highest BCUT2D eigenvalue weighted by molar-refractivity contribution is 5.70. The minimum Gasteiger partial charge on any atom is -0.462 e. The molecule has 7 N–H and O–H groups in total. The van der Waals surface area contributed by atoms with E-state index in [0.717, 1.165) is 83.5 Å². The number of ether oxygens (including phenoxy) is 6. The summed E-state index contributed by atoms with van der Waals surface area (Å²) in [5.41, 5.74) is 0. The molecule has 15 heteroatoms. The molecule has 2 heterocycles. The van der Waals surface area contributed by atoms with Gasteiger partial charge in [-0.25, -0.2) is 0 Å². The van der Waals surface area contributed by atoms with Gasteiger partial charge in [0.05, 0.1) is 19.8 Å². The lowest BCUT2D eigenvalue weighted by molar-refractivity contribution is -0.332. The van der Waals surface area contributed by atoms with Crippen LogP contribution in [0.3, 0.4) is 0 Å². The Bertz CT molecular complexity index is 1410. The van der Waals surface area contributed by atoms with Crippen molar-refractivity contribution in [2.24, 2.45) is 0 Å². The number of carbonyl (C=O) groups excluding carboxylic acids is 2. The first-order valence-electron chi connectivity index (χ1n) is 24.1. The van der Waals surface area contributed by atoms with Gasteiger partial charge in [0.25, 0.3) is 0 Å². The van der Waals surface area contributed by atoms with Gasteiger partial charge in [0.15, 0.2) is 18.7 Å². The summed E-state index contributed by atoms with van der Waals surface area (Å²) in [6, 6.07) is 0. The van der Waals surface area contributed by atoms with Crippen molar-refractivity contribution in [3.8, 4) is 0 Å². The molecule has 0 saturated carbocycles. The number of aliphatic hydroxyl groups is 7. The van der Waals surface area contributed by atoms with E-state index in [1.54, 1.807) is 0 Å². The zero-order chi connectivity index (χ0) is 47.5. The summed E-state index contributed by atoms with van der Waals surface area (Å²) in [5, 5.41) is 72.0. The van der Waals surface area contributed by atoms with Crippen LogP contribution in [0.25, 0.3) is 0 Å². The summed E-state index contributed by atoms with van der Waals surface area (Å²) >= 11 is 0. The molecule has 2 rings (SSSR count). The molecule has 65 heavy (non-hydrogen) atoms. The SMILES string of the molecule is CC/C=C/C=C/C=C/C=C/CCCCCCCC(=O)OC[C@H](CO[C@@H]1O[C@H](CO[C@@H]2O[C@H](CO)[C@H](O)C(O)C2O)[C@H](O)C(O)C1O)OC(=O)CCCCCCC/C=C/C/C=C/CCCC. The number of allylic oxidation sites excluding steroid dienone is 12. The molecule has 2 aliphatic heterocycles. The summed E-state index contributed by atoms with van der Waals surface area (Å²) in [7, 11) is 0. The van der Waals surface area contributed by atoms with Gasteiger partial charge in [0.1, 0.15) is 55.4 Å². The van der Waals surface area contributed by atoms with Gasteiger partial charge in [-0.3, -0.25) is 9.59 Å². The average Bonchev–Trinajstić information content (AvgIpc) is 3.30. The van der Waals surface area contributed by atoms with Crippen LogP contribution in [-0.2, 0) is 38.0 Å². The van der Waals surface area contributed by atoms with Crippen molar-refractivity contribution in [3.63, 3.8) is 0 Å². The van der Waals surface area contributed by atoms with Crippen LogP contribution in [0.15, 0.2) is 72.9 Å². The van der Waals surface area contributed by atoms with Crippen molar-refractivity contribution in [3.05, 3.63) is 72.9 Å². The van der Waals surface area contributed by atoms with Gasteiger partial charge >= 0.3 is 11.9 Å². The first kappa shape index (κ1) is 58.1. The van der Waals surface area contributed by atoms with Crippen LogP contribution in [0, 0.1) is 0 Å². The lowest BCUT2D eigenvalue weighted by Crippen LogP contribution is -2.61. The fraction of sp³-hybridized carbons (Fsp3) is 0.720. The molecular weight excluding hydrogens is 841 g/mol. The summed E-state index contributed by atoms with van der Waals surface area (Å²) in [6.45, 7) is 2.34.